The average molecular weight is 602 g/mol. The highest BCUT2D eigenvalue weighted by atomic mass is 16.3. The molecule has 0 saturated heterocycles. The second-order valence-electron chi connectivity index (χ2n) is 12.0. The number of allylic oxidation sites excluding steroid dienone is 2. The maximum Gasteiger partial charge on any atom is 0.154 e. The fourth-order valence-corrected chi connectivity index (χ4v) is 6.59. The standard InChI is InChI=1S/C43H27N3O/c44-26-28-9-11-30(12-10-28)34-17-20-40-38(24-34)39-25-35(18-21-41(39)47-40)32-15-13-31(14-16-32)33-7-4-8-36(23-33)43-45-42-22-19-37(27-46(42)43)29-5-2-1-3-6-29/h1-25,27,43H. The summed E-state index contributed by atoms with van der Waals surface area (Å²) < 4.78 is 6.19. The molecule has 47 heavy (non-hydrogen) atoms. The predicted octanol–water partition coefficient (Wildman–Crippen LogP) is 10.8. The van der Waals surface area contributed by atoms with Gasteiger partial charge in [0, 0.05) is 17.0 Å². The summed E-state index contributed by atoms with van der Waals surface area (Å²) in [7, 11) is 0. The number of hydrogen-bond donors (Lipinski definition) is 0. The summed E-state index contributed by atoms with van der Waals surface area (Å²) in [6, 6.07) is 50.5. The Balaban J connectivity index is 0.991. The molecule has 1 aromatic heterocycles. The first kappa shape index (κ1) is 26.9. The van der Waals surface area contributed by atoms with E-state index in [0.29, 0.717) is 5.56 Å². The van der Waals surface area contributed by atoms with Gasteiger partial charge in [0.25, 0.3) is 0 Å². The number of benzene rings is 6. The molecule has 6 aromatic carbocycles. The van der Waals surface area contributed by atoms with E-state index in [1.165, 1.54) is 27.8 Å². The maximum atomic E-state index is 9.17. The van der Waals surface area contributed by atoms with Gasteiger partial charge in [0.15, 0.2) is 6.17 Å². The monoisotopic (exact) mass is 601 g/mol. The molecule has 4 heteroatoms. The summed E-state index contributed by atoms with van der Waals surface area (Å²) in [4.78, 5) is 7.15. The minimum atomic E-state index is -0.0261. The van der Waals surface area contributed by atoms with E-state index in [0.717, 1.165) is 50.0 Å². The molecule has 0 amide bonds. The maximum absolute atomic E-state index is 9.17. The van der Waals surface area contributed by atoms with Crippen molar-refractivity contribution in [1.82, 2.24) is 4.90 Å². The summed E-state index contributed by atoms with van der Waals surface area (Å²) in [6.45, 7) is 0. The van der Waals surface area contributed by atoms with Gasteiger partial charge in [0.05, 0.1) is 11.6 Å². The van der Waals surface area contributed by atoms with E-state index in [1.54, 1.807) is 0 Å². The van der Waals surface area contributed by atoms with Crippen LogP contribution in [0.15, 0.2) is 167 Å². The van der Waals surface area contributed by atoms with Crippen molar-refractivity contribution < 1.29 is 4.42 Å². The summed E-state index contributed by atoms with van der Waals surface area (Å²) in [5.74, 6) is 0.997. The molecule has 0 saturated carbocycles. The van der Waals surface area contributed by atoms with E-state index >= 15 is 0 Å². The molecule has 0 N–H and O–H groups in total. The summed E-state index contributed by atoms with van der Waals surface area (Å²) in [6.07, 6.45) is 6.42. The lowest BCUT2D eigenvalue weighted by atomic mass is 9.96. The molecule has 0 bridgehead atoms. The van der Waals surface area contributed by atoms with E-state index in [2.05, 4.69) is 132 Å². The van der Waals surface area contributed by atoms with Gasteiger partial charge in [-0.2, -0.15) is 5.26 Å². The van der Waals surface area contributed by atoms with E-state index < -0.39 is 0 Å². The number of amidine groups is 1. The molecule has 0 fully saturated rings. The van der Waals surface area contributed by atoms with Crippen LogP contribution in [-0.2, 0) is 0 Å². The normalized spacial score (nSPS) is 15.1. The van der Waals surface area contributed by atoms with Gasteiger partial charge >= 0.3 is 0 Å². The van der Waals surface area contributed by atoms with E-state index in [4.69, 9.17) is 14.7 Å². The Hall–Kier alpha value is -6.44. The molecular weight excluding hydrogens is 574 g/mol. The van der Waals surface area contributed by atoms with E-state index in [9.17, 15) is 0 Å². The molecule has 9 rings (SSSR count). The van der Waals surface area contributed by atoms with Crippen LogP contribution in [0.5, 0.6) is 0 Å². The Morgan fingerprint density at radius 1 is 0.553 bits per heavy atom. The van der Waals surface area contributed by atoms with E-state index in [1.807, 2.05) is 36.4 Å². The molecule has 220 valence electrons. The zero-order valence-electron chi connectivity index (χ0n) is 25.3. The largest absolute Gasteiger partial charge is 0.456 e. The molecule has 1 unspecified atom stereocenters. The third kappa shape index (κ3) is 4.74. The van der Waals surface area contributed by atoms with E-state index in [-0.39, 0.29) is 6.17 Å². The molecule has 7 aromatic rings. The quantitative estimate of drug-likeness (QED) is 0.197. The SMILES string of the molecule is N#Cc1ccc(-c2ccc3oc4ccc(-c5ccc(-c6cccc(C7N=C8C=CC(c9ccccc9)=CN87)c6)cc5)cc4c3c2)cc1. The van der Waals surface area contributed by atoms with Crippen LogP contribution in [0.1, 0.15) is 22.9 Å². The molecule has 0 radical (unpaired) electrons. The third-order valence-electron chi connectivity index (χ3n) is 9.13. The molecule has 0 spiro atoms. The van der Waals surface area contributed by atoms with Crippen molar-refractivity contribution in [2.75, 3.05) is 0 Å². The molecular formula is C43H27N3O. The lowest BCUT2D eigenvalue weighted by molar-refractivity contribution is 0.368. The first-order valence-corrected chi connectivity index (χ1v) is 15.7. The predicted molar refractivity (Wildman–Crippen MR) is 190 cm³/mol. The first-order valence-electron chi connectivity index (χ1n) is 15.7. The Bertz CT molecular complexity index is 2460. The van der Waals surface area contributed by atoms with Crippen molar-refractivity contribution in [1.29, 1.82) is 5.26 Å². The molecule has 1 atom stereocenters. The second-order valence-corrected chi connectivity index (χ2v) is 12.0. The number of rotatable bonds is 5. The fraction of sp³-hybridized carbons (Fsp3) is 0.0233. The van der Waals surface area contributed by atoms with Gasteiger partial charge in [0.1, 0.15) is 17.0 Å². The number of nitriles is 1. The Morgan fingerprint density at radius 2 is 1.13 bits per heavy atom. The average Bonchev–Trinajstić information content (AvgIpc) is 3.50. The topological polar surface area (TPSA) is 52.5 Å². The molecule has 3 heterocycles. The van der Waals surface area contributed by atoms with Gasteiger partial charge in [-0.25, -0.2) is 4.99 Å². The van der Waals surface area contributed by atoms with Crippen molar-refractivity contribution in [3.63, 3.8) is 0 Å². The minimum Gasteiger partial charge on any atom is -0.456 e. The second kappa shape index (κ2) is 10.9. The van der Waals surface area contributed by atoms with Crippen molar-refractivity contribution in [3.05, 3.63) is 175 Å². The smallest absolute Gasteiger partial charge is 0.154 e. The van der Waals surface area contributed by atoms with Gasteiger partial charge in [-0.05, 0) is 105 Å². The van der Waals surface area contributed by atoms with Gasteiger partial charge in [-0.15, -0.1) is 0 Å². The van der Waals surface area contributed by atoms with Crippen LogP contribution in [0.3, 0.4) is 0 Å². The lowest BCUT2D eigenvalue weighted by Gasteiger charge is -2.39. The van der Waals surface area contributed by atoms with Crippen LogP contribution in [0.4, 0.5) is 0 Å². The fourth-order valence-electron chi connectivity index (χ4n) is 6.59. The van der Waals surface area contributed by atoms with Gasteiger partial charge in [-0.3, -0.25) is 0 Å². The number of nitrogens with zero attached hydrogens (tertiary/aromatic N) is 3. The van der Waals surface area contributed by atoms with Crippen LogP contribution in [0.2, 0.25) is 0 Å². The highest BCUT2D eigenvalue weighted by Crippen LogP contribution is 2.39. The zero-order chi connectivity index (χ0) is 31.3. The minimum absolute atomic E-state index is 0.0261. The molecule has 4 nitrogen and oxygen atoms in total. The van der Waals surface area contributed by atoms with Crippen LogP contribution in [0.25, 0.3) is 60.9 Å². The lowest BCUT2D eigenvalue weighted by Crippen LogP contribution is -2.39. The Kier molecular flexibility index (Phi) is 6.23. The number of furan rings is 1. The molecule has 2 aliphatic rings. The third-order valence-corrected chi connectivity index (χ3v) is 9.13. The summed E-state index contributed by atoms with van der Waals surface area (Å²) in [5.41, 5.74) is 12.7. The highest BCUT2D eigenvalue weighted by molar-refractivity contribution is 6.07. The summed E-state index contributed by atoms with van der Waals surface area (Å²) >= 11 is 0. The van der Waals surface area contributed by atoms with Crippen LogP contribution < -0.4 is 0 Å². The zero-order valence-corrected chi connectivity index (χ0v) is 25.3. The Morgan fingerprint density at radius 3 is 1.77 bits per heavy atom. The van der Waals surface area contributed by atoms with Crippen molar-refractivity contribution in [2.45, 2.75) is 6.17 Å². The Labute approximate surface area is 272 Å². The number of hydrogen-bond acceptors (Lipinski definition) is 4. The van der Waals surface area contributed by atoms with Crippen molar-refractivity contribution in [2.24, 2.45) is 4.99 Å². The first-order chi connectivity index (χ1) is 23.2. The van der Waals surface area contributed by atoms with Gasteiger partial charge < -0.3 is 9.32 Å². The highest BCUT2D eigenvalue weighted by Gasteiger charge is 2.31. The van der Waals surface area contributed by atoms with Crippen LogP contribution in [-0.4, -0.2) is 10.7 Å². The number of fused-ring (bicyclic) bond motifs is 4. The van der Waals surface area contributed by atoms with Crippen molar-refractivity contribution >= 4 is 33.3 Å². The molecule has 2 aliphatic heterocycles. The van der Waals surface area contributed by atoms with Gasteiger partial charge in [0.2, 0.25) is 0 Å². The van der Waals surface area contributed by atoms with Crippen molar-refractivity contribution in [3.8, 4) is 39.4 Å². The van der Waals surface area contributed by atoms with Crippen LogP contribution in [0, 0.1) is 11.3 Å². The summed E-state index contributed by atoms with van der Waals surface area (Å²) in [5, 5.41) is 11.3. The van der Waals surface area contributed by atoms with Gasteiger partial charge in [-0.1, -0.05) is 97.1 Å². The van der Waals surface area contributed by atoms with Crippen LogP contribution >= 0.6 is 0 Å². The number of aliphatic imine (C=N–C) groups is 1. The molecule has 0 aliphatic carbocycles.